The Morgan fingerprint density at radius 3 is 1.04 bits per heavy atom. The molecule has 0 aromatic carbocycles. The number of rotatable bonds is 39. The minimum Gasteiger partial charge on any atom is -0.391 e. The largest absolute Gasteiger partial charge is 0.391 e. The topological polar surface area (TPSA) is 104 Å². The number of carbonyl (C=O) groups excluding carboxylic acids is 1. The third-order valence-electron chi connectivity index (χ3n) is 10.1. The fourth-order valence-electron chi connectivity index (χ4n) is 6.87. The van der Waals surface area contributed by atoms with Gasteiger partial charge in [0.25, 0.3) is 10.1 Å². The Balaban J connectivity index is 3.69. The number of hydrogen-bond acceptors (Lipinski definition) is 4. The zero-order valence-electron chi connectivity index (χ0n) is 32.1. The van der Waals surface area contributed by atoms with Crippen LogP contribution in [0.5, 0.6) is 0 Å². The number of amides is 1. The average molecular weight is 702 g/mol. The fourth-order valence-corrected chi connectivity index (χ4v) is 7.63. The summed E-state index contributed by atoms with van der Waals surface area (Å²) >= 11 is 0. The van der Waals surface area contributed by atoms with Gasteiger partial charge in [-0.1, -0.05) is 219 Å². The van der Waals surface area contributed by atoms with Gasteiger partial charge in [-0.2, -0.15) is 8.42 Å². The van der Waals surface area contributed by atoms with E-state index in [4.69, 9.17) is 0 Å². The second-order valence-corrected chi connectivity index (χ2v) is 16.5. The van der Waals surface area contributed by atoms with E-state index in [-0.39, 0.29) is 5.91 Å². The number of nitrogens with one attached hydrogen (secondary N) is 1. The average Bonchev–Trinajstić information content (AvgIpc) is 3.05. The lowest BCUT2D eigenvalue weighted by atomic mass is 10.0. The molecule has 2 atom stereocenters. The van der Waals surface area contributed by atoms with Crippen molar-refractivity contribution in [2.45, 2.75) is 251 Å². The van der Waals surface area contributed by atoms with Gasteiger partial charge in [0.15, 0.2) is 0 Å². The molecule has 0 radical (unpaired) electrons. The van der Waals surface area contributed by atoms with Crippen LogP contribution in [0.1, 0.15) is 239 Å². The van der Waals surface area contributed by atoms with Crippen molar-refractivity contribution in [1.29, 1.82) is 0 Å². The molecule has 0 aromatic rings. The van der Waals surface area contributed by atoms with E-state index in [1.54, 1.807) is 0 Å². The van der Waals surface area contributed by atoms with Crippen molar-refractivity contribution in [3.05, 3.63) is 0 Å². The van der Waals surface area contributed by atoms with Gasteiger partial charge in [0.1, 0.15) is 0 Å². The predicted octanol–water partition coefficient (Wildman–Crippen LogP) is 12.4. The van der Waals surface area contributed by atoms with Crippen LogP contribution in [0.25, 0.3) is 0 Å². The van der Waals surface area contributed by atoms with Crippen LogP contribution in [0.3, 0.4) is 0 Å². The Kier molecular flexibility index (Phi) is 35.6. The minimum absolute atomic E-state index is 0.241. The molecule has 0 aliphatic heterocycles. The molecule has 48 heavy (non-hydrogen) atoms. The van der Waals surface area contributed by atoms with Crippen LogP contribution < -0.4 is 5.32 Å². The van der Waals surface area contributed by atoms with Crippen LogP contribution in [0.15, 0.2) is 0 Å². The van der Waals surface area contributed by atoms with Gasteiger partial charge in [-0.3, -0.25) is 9.35 Å². The summed E-state index contributed by atoms with van der Waals surface area (Å²) in [6, 6.07) is -0.962. The first kappa shape index (κ1) is 47.3. The van der Waals surface area contributed by atoms with Crippen LogP contribution in [0, 0.1) is 0 Å². The minimum atomic E-state index is -4.30. The molecule has 0 rings (SSSR count). The lowest BCUT2D eigenvalue weighted by molar-refractivity contribution is -0.122. The summed E-state index contributed by atoms with van der Waals surface area (Å²) in [7, 11) is -4.30. The van der Waals surface area contributed by atoms with Crippen molar-refractivity contribution in [2.24, 2.45) is 0 Å². The molecule has 0 aliphatic rings. The molecule has 0 heterocycles. The number of carbonyl (C=O) groups is 1. The fraction of sp³-hybridized carbons (Fsp3) is 0.976. The van der Waals surface area contributed by atoms with Gasteiger partial charge < -0.3 is 10.4 Å². The van der Waals surface area contributed by atoms with Gasteiger partial charge in [0.2, 0.25) is 5.91 Å². The highest BCUT2D eigenvalue weighted by molar-refractivity contribution is 7.85. The van der Waals surface area contributed by atoms with Crippen molar-refractivity contribution >= 4 is 16.0 Å². The highest BCUT2D eigenvalue weighted by atomic mass is 32.2. The van der Waals surface area contributed by atoms with Gasteiger partial charge in [0.05, 0.1) is 17.9 Å². The maximum absolute atomic E-state index is 12.5. The SMILES string of the molecule is CCCCCCCCCCCCCCCCCCCCCCCCCC(=O)NC(CS(=O)(=O)O)C(O)CCCCCCCCCCCC. The van der Waals surface area contributed by atoms with E-state index in [0.717, 1.165) is 38.5 Å². The van der Waals surface area contributed by atoms with Crippen LogP contribution in [0.2, 0.25) is 0 Å². The highest BCUT2D eigenvalue weighted by Gasteiger charge is 2.26. The molecule has 0 aromatic heterocycles. The van der Waals surface area contributed by atoms with Gasteiger partial charge >= 0.3 is 0 Å². The zero-order chi connectivity index (χ0) is 35.4. The summed E-state index contributed by atoms with van der Waals surface area (Å²) in [5.74, 6) is -0.883. The molecular weight excluding hydrogens is 619 g/mol. The molecule has 0 aliphatic carbocycles. The third-order valence-corrected chi connectivity index (χ3v) is 10.8. The molecule has 7 heteroatoms. The third kappa shape index (κ3) is 36.6. The summed E-state index contributed by atoms with van der Waals surface area (Å²) in [5.41, 5.74) is 0. The molecular formula is C41H83NO5S. The van der Waals surface area contributed by atoms with Crippen molar-refractivity contribution in [2.75, 3.05) is 5.75 Å². The molecule has 0 saturated carbocycles. The Hall–Kier alpha value is -0.660. The second-order valence-electron chi connectivity index (χ2n) is 15.0. The van der Waals surface area contributed by atoms with Gasteiger partial charge in [-0.05, 0) is 12.8 Å². The van der Waals surface area contributed by atoms with Crippen molar-refractivity contribution in [1.82, 2.24) is 5.32 Å². The Morgan fingerprint density at radius 2 is 0.750 bits per heavy atom. The Labute approximate surface area is 299 Å². The summed E-state index contributed by atoms with van der Waals surface area (Å²) < 4.78 is 32.4. The normalized spacial score (nSPS) is 13.2. The van der Waals surface area contributed by atoms with E-state index < -0.39 is 28.0 Å². The van der Waals surface area contributed by atoms with E-state index in [0.29, 0.717) is 12.8 Å². The van der Waals surface area contributed by atoms with Crippen LogP contribution in [-0.4, -0.2) is 41.9 Å². The highest BCUT2D eigenvalue weighted by Crippen LogP contribution is 2.17. The number of aliphatic hydroxyl groups excluding tert-OH is 1. The van der Waals surface area contributed by atoms with Crippen LogP contribution in [0.4, 0.5) is 0 Å². The first-order valence-corrected chi connectivity index (χ1v) is 22.8. The predicted molar refractivity (Wildman–Crippen MR) is 207 cm³/mol. The van der Waals surface area contributed by atoms with E-state index in [9.17, 15) is 22.9 Å². The summed E-state index contributed by atoms with van der Waals surface area (Å²) in [5, 5.41) is 13.3. The van der Waals surface area contributed by atoms with E-state index in [2.05, 4.69) is 19.2 Å². The molecule has 0 spiro atoms. The van der Waals surface area contributed by atoms with Gasteiger partial charge in [-0.25, -0.2) is 0 Å². The zero-order valence-corrected chi connectivity index (χ0v) is 33.0. The van der Waals surface area contributed by atoms with Crippen molar-refractivity contribution in [3.63, 3.8) is 0 Å². The molecule has 3 N–H and O–H groups in total. The lowest BCUT2D eigenvalue weighted by Crippen LogP contribution is -2.47. The van der Waals surface area contributed by atoms with E-state index in [1.165, 1.54) is 173 Å². The molecule has 0 saturated heterocycles. The number of hydrogen-bond donors (Lipinski definition) is 3. The second kappa shape index (κ2) is 36.1. The first-order valence-electron chi connectivity index (χ1n) is 21.2. The Bertz CT molecular complexity index is 775. The molecule has 288 valence electrons. The molecule has 6 nitrogen and oxygen atoms in total. The van der Waals surface area contributed by atoms with E-state index >= 15 is 0 Å². The van der Waals surface area contributed by atoms with Crippen LogP contribution >= 0.6 is 0 Å². The monoisotopic (exact) mass is 702 g/mol. The van der Waals surface area contributed by atoms with Crippen LogP contribution in [-0.2, 0) is 14.9 Å². The molecule has 1 amide bonds. The maximum Gasteiger partial charge on any atom is 0.266 e. The number of aliphatic hydroxyl groups is 1. The summed E-state index contributed by atoms with van der Waals surface area (Å²) in [6.45, 7) is 4.51. The molecule has 2 unspecified atom stereocenters. The standard InChI is InChI=1S/C41H83NO5S/c1-3-5-7-9-11-13-15-16-17-18-19-20-21-22-23-24-25-26-27-29-31-33-35-37-41(44)42-39(38-48(45,46)47)40(43)36-34-32-30-28-14-12-10-8-6-4-2/h39-40,43H,3-38H2,1-2H3,(H,42,44)(H,45,46,47). The summed E-state index contributed by atoms with van der Waals surface area (Å²) in [6.07, 6.45) is 42.1. The summed E-state index contributed by atoms with van der Waals surface area (Å²) in [4.78, 5) is 12.5. The van der Waals surface area contributed by atoms with Gasteiger partial charge in [0, 0.05) is 6.42 Å². The maximum atomic E-state index is 12.5. The number of unbranched alkanes of at least 4 members (excludes halogenated alkanes) is 31. The quantitative estimate of drug-likeness (QED) is 0.0437. The van der Waals surface area contributed by atoms with Gasteiger partial charge in [-0.15, -0.1) is 0 Å². The van der Waals surface area contributed by atoms with E-state index in [1.807, 2.05) is 0 Å². The smallest absolute Gasteiger partial charge is 0.266 e. The molecule has 0 bridgehead atoms. The van der Waals surface area contributed by atoms with Crippen molar-refractivity contribution < 1.29 is 22.9 Å². The first-order chi connectivity index (χ1) is 23.3. The molecule has 0 fully saturated rings. The lowest BCUT2D eigenvalue weighted by Gasteiger charge is -2.23. The Morgan fingerprint density at radius 1 is 0.479 bits per heavy atom. The van der Waals surface area contributed by atoms with Crippen molar-refractivity contribution in [3.8, 4) is 0 Å².